The summed E-state index contributed by atoms with van der Waals surface area (Å²) in [5, 5.41) is 1.38. The lowest BCUT2D eigenvalue weighted by atomic mass is 9.85. The standard InChI is InChI=1S/C14H17N/c1-11-9-13-7-2-3-8-14(13)15(11)10-12-5-4-6-12/h2-3,7-9,12H,4-6,10H2,1H3. The van der Waals surface area contributed by atoms with Gasteiger partial charge in [0.25, 0.3) is 0 Å². The van der Waals surface area contributed by atoms with Crippen molar-refractivity contribution in [3.05, 3.63) is 36.0 Å². The molecule has 0 aliphatic heterocycles. The largest absolute Gasteiger partial charge is 0.345 e. The van der Waals surface area contributed by atoms with Gasteiger partial charge in [-0.3, -0.25) is 0 Å². The van der Waals surface area contributed by atoms with Crippen molar-refractivity contribution in [1.82, 2.24) is 4.57 Å². The molecule has 15 heavy (non-hydrogen) atoms. The summed E-state index contributed by atoms with van der Waals surface area (Å²) in [6.07, 6.45) is 4.28. The minimum absolute atomic E-state index is 0.930. The van der Waals surface area contributed by atoms with Crippen molar-refractivity contribution in [2.24, 2.45) is 5.92 Å². The van der Waals surface area contributed by atoms with E-state index in [1.54, 1.807) is 0 Å². The van der Waals surface area contributed by atoms with Crippen LogP contribution in [0.15, 0.2) is 30.3 Å². The molecule has 1 aliphatic carbocycles. The van der Waals surface area contributed by atoms with Gasteiger partial charge in [0.15, 0.2) is 0 Å². The molecule has 1 saturated carbocycles. The fourth-order valence-electron chi connectivity index (χ4n) is 2.52. The van der Waals surface area contributed by atoms with E-state index in [4.69, 9.17) is 0 Å². The van der Waals surface area contributed by atoms with E-state index >= 15 is 0 Å². The summed E-state index contributed by atoms with van der Waals surface area (Å²) in [5.41, 5.74) is 2.81. The minimum Gasteiger partial charge on any atom is -0.345 e. The number of hydrogen-bond donors (Lipinski definition) is 0. The topological polar surface area (TPSA) is 4.93 Å². The summed E-state index contributed by atoms with van der Waals surface area (Å²) < 4.78 is 2.49. The van der Waals surface area contributed by atoms with Gasteiger partial charge in [-0.25, -0.2) is 0 Å². The smallest absolute Gasteiger partial charge is 0.0482 e. The van der Waals surface area contributed by atoms with Crippen LogP contribution in [0.2, 0.25) is 0 Å². The zero-order chi connectivity index (χ0) is 10.3. The second-order valence-electron chi connectivity index (χ2n) is 4.75. The quantitative estimate of drug-likeness (QED) is 0.694. The van der Waals surface area contributed by atoms with Crippen LogP contribution in [0.1, 0.15) is 25.0 Å². The molecule has 1 aliphatic rings. The molecule has 3 rings (SSSR count). The van der Waals surface area contributed by atoms with Crippen molar-refractivity contribution in [3.63, 3.8) is 0 Å². The van der Waals surface area contributed by atoms with E-state index in [2.05, 4.69) is 41.8 Å². The zero-order valence-electron chi connectivity index (χ0n) is 9.24. The van der Waals surface area contributed by atoms with Gasteiger partial charge >= 0.3 is 0 Å². The third-order valence-corrected chi connectivity index (χ3v) is 3.68. The molecule has 0 bridgehead atoms. The molecule has 0 saturated heterocycles. The molecule has 2 aromatic rings. The Hall–Kier alpha value is -1.24. The number of benzene rings is 1. The predicted molar refractivity (Wildman–Crippen MR) is 64.0 cm³/mol. The molecule has 78 valence electrons. The van der Waals surface area contributed by atoms with E-state index in [1.165, 1.54) is 42.4 Å². The monoisotopic (exact) mass is 199 g/mol. The molecule has 1 nitrogen and oxygen atoms in total. The number of aromatic nitrogens is 1. The van der Waals surface area contributed by atoms with Crippen LogP contribution in [-0.4, -0.2) is 4.57 Å². The molecule has 0 N–H and O–H groups in total. The predicted octanol–water partition coefficient (Wildman–Crippen LogP) is 3.75. The maximum atomic E-state index is 2.49. The minimum atomic E-state index is 0.930. The van der Waals surface area contributed by atoms with Gasteiger partial charge in [-0.05, 0) is 43.2 Å². The summed E-state index contributed by atoms with van der Waals surface area (Å²) in [5.74, 6) is 0.930. The fraction of sp³-hybridized carbons (Fsp3) is 0.429. The van der Waals surface area contributed by atoms with Gasteiger partial charge in [0.2, 0.25) is 0 Å². The Morgan fingerprint density at radius 2 is 2.07 bits per heavy atom. The van der Waals surface area contributed by atoms with Crippen molar-refractivity contribution < 1.29 is 0 Å². The highest BCUT2D eigenvalue weighted by molar-refractivity contribution is 5.81. The Labute approximate surface area is 90.7 Å². The first-order valence-electron chi connectivity index (χ1n) is 5.89. The number of fused-ring (bicyclic) bond motifs is 1. The number of nitrogens with zero attached hydrogens (tertiary/aromatic N) is 1. The summed E-state index contributed by atoms with van der Waals surface area (Å²) >= 11 is 0. The summed E-state index contributed by atoms with van der Waals surface area (Å²) in [6.45, 7) is 3.44. The van der Waals surface area contributed by atoms with E-state index in [0.717, 1.165) is 5.92 Å². The molecule has 1 heterocycles. The molecular weight excluding hydrogens is 182 g/mol. The zero-order valence-corrected chi connectivity index (χ0v) is 9.24. The third kappa shape index (κ3) is 1.46. The Bertz CT molecular complexity index is 477. The van der Waals surface area contributed by atoms with Crippen LogP contribution in [0.4, 0.5) is 0 Å². The van der Waals surface area contributed by atoms with Crippen LogP contribution >= 0.6 is 0 Å². The SMILES string of the molecule is Cc1cc2ccccc2n1CC1CCC1. The van der Waals surface area contributed by atoms with E-state index in [1.807, 2.05) is 0 Å². The molecule has 0 atom stereocenters. The Kier molecular flexibility index (Phi) is 2.05. The van der Waals surface area contributed by atoms with E-state index in [0.29, 0.717) is 0 Å². The van der Waals surface area contributed by atoms with Crippen molar-refractivity contribution in [3.8, 4) is 0 Å². The van der Waals surface area contributed by atoms with Crippen molar-refractivity contribution in [2.45, 2.75) is 32.7 Å². The van der Waals surface area contributed by atoms with Gasteiger partial charge in [0.05, 0.1) is 0 Å². The van der Waals surface area contributed by atoms with Crippen molar-refractivity contribution in [1.29, 1.82) is 0 Å². The Morgan fingerprint density at radius 1 is 1.27 bits per heavy atom. The van der Waals surface area contributed by atoms with E-state index in [9.17, 15) is 0 Å². The molecular formula is C14H17N. The lowest BCUT2D eigenvalue weighted by molar-refractivity contribution is 0.278. The van der Waals surface area contributed by atoms with Crippen LogP contribution in [0.25, 0.3) is 10.9 Å². The Morgan fingerprint density at radius 3 is 2.80 bits per heavy atom. The molecule has 1 aromatic carbocycles. The third-order valence-electron chi connectivity index (χ3n) is 3.68. The highest BCUT2D eigenvalue weighted by Gasteiger charge is 2.19. The van der Waals surface area contributed by atoms with Gasteiger partial charge in [-0.2, -0.15) is 0 Å². The summed E-state index contributed by atoms with van der Waals surface area (Å²) in [6, 6.07) is 11.0. The lowest BCUT2D eigenvalue weighted by Gasteiger charge is -2.26. The van der Waals surface area contributed by atoms with Gasteiger partial charge in [-0.15, -0.1) is 0 Å². The van der Waals surface area contributed by atoms with Gasteiger partial charge < -0.3 is 4.57 Å². The van der Waals surface area contributed by atoms with Gasteiger partial charge in [-0.1, -0.05) is 24.6 Å². The summed E-state index contributed by atoms with van der Waals surface area (Å²) in [7, 11) is 0. The molecule has 0 amide bonds. The summed E-state index contributed by atoms with van der Waals surface area (Å²) in [4.78, 5) is 0. The second kappa shape index (κ2) is 3.41. The molecule has 1 fully saturated rings. The first-order chi connectivity index (χ1) is 7.34. The molecule has 0 radical (unpaired) electrons. The number of rotatable bonds is 2. The fourth-order valence-corrected chi connectivity index (χ4v) is 2.52. The van der Waals surface area contributed by atoms with Crippen LogP contribution in [0.5, 0.6) is 0 Å². The van der Waals surface area contributed by atoms with Crippen LogP contribution in [0.3, 0.4) is 0 Å². The average molecular weight is 199 g/mol. The van der Waals surface area contributed by atoms with Crippen molar-refractivity contribution >= 4 is 10.9 Å². The van der Waals surface area contributed by atoms with Gasteiger partial charge in [0.1, 0.15) is 0 Å². The number of aryl methyl sites for hydroxylation is 1. The molecule has 1 heteroatoms. The maximum absolute atomic E-state index is 2.49. The molecule has 1 aromatic heterocycles. The number of hydrogen-bond acceptors (Lipinski definition) is 0. The van der Waals surface area contributed by atoms with Crippen LogP contribution in [0, 0.1) is 12.8 Å². The maximum Gasteiger partial charge on any atom is 0.0482 e. The number of para-hydroxylation sites is 1. The van der Waals surface area contributed by atoms with Crippen LogP contribution in [-0.2, 0) is 6.54 Å². The second-order valence-corrected chi connectivity index (χ2v) is 4.75. The van der Waals surface area contributed by atoms with E-state index < -0.39 is 0 Å². The lowest BCUT2D eigenvalue weighted by Crippen LogP contribution is -2.18. The highest BCUT2D eigenvalue weighted by atomic mass is 15.0. The highest BCUT2D eigenvalue weighted by Crippen LogP contribution is 2.30. The molecule has 0 spiro atoms. The normalized spacial score (nSPS) is 16.9. The van der Waals surface area contributed by atoms with Crippen LogP contribution < -0.4 is 0 Å². The average Bonchev–Trinajstić information content (AvgIpc) is 2.48. The first kappa shape index (κ1) is 9.02. The first-order valence-corrected chi connectivity index (χ1v) is 5.89. The van der Waals surface area contributed by atoms with Gasteiger partial charge in [0, 0.05) is 17.8 Å². The van der Waals surface area contributed by atoms with E-state index in [-0.39, 0.29) is 0 Å². The molecule has 0 unspecified atom stereocenters. The van der Waals surface area contributed by atoms with Crippen molar-refractivity contribution in [2.75, 3.05) is 0 Å². The Balaban J connectivity index is 2.03.